The Labute approximate surface area is 199 Å². The van der Waals surface area contributed by atoms with E-state index < -0.39 is 5.97 Å². The lowest BCUT2D eigenvalue weighted by atomic mass is 10.1. The molecule has 0 saturated heterocycles. The maximum absolute atomic E-state index is 12.7. The zero-order valence-corrected chi connectivity index (χ0v) is 20.8. The molecule has 0 bridgehead atoms. The van der Waals surface area contributed by atoms with E-state index in [-0.39, 0.29) is 34.2 Å². The van der Waals surface area contributed by atoms with Crippen molar-refractivity contribution in [2.45, 2.75) is 32.0 Å². The number of hydrogen-bond donors (Lipinski definition) is 1. The fraction of sp³-hybridized carbons (Fsp3) is 0.381. The number of hydrogen-bond acceptors (Lipinski definition) is 9. The zero-order valence-electron chi connectivity index (χ0n) is 19.2. The molecule has 0 atom stereocenters. The first-order valence-electron chi connectivity index (χ1n) is 10.00. The third-order valence-corrected chi connectivity index (χ3v) is 6.78. The SMILES string of the molecule is COC(=O)c1c(NC(=O)CSc2nnc(-c3ccco3)n2C(C)C)sc(C(=O)N(C)C)c1C. The van der Waals surface area contributed by atoms with Crippen molar-refractivity contribution in [3.63, 3.8) is 0 Å². The number of carbonyl (C=O) groups is 3. The molecule has 10 nitrogen and oxygen atoms in total. The van der Waals surface area contributed by atoms with Gasteiger partial charge in [0.25, 0.3) is 5.91 Å². The van der Waals surface area contributed by atoms with Crippen molar-refractivity contribution in [1.29, 1.82) is 0 Å². The Morgan fingerprint density at radius 2 is 2.03 bits per heavy atom. The second kappa shape index (κ2) is 10.2. The summed E-state index contributed by atoms with van der Waals surface area (Å²) in [5.41, 5.74) is 0.646. The van der Waals surface area contributed by atoms with E-state index in [9.17, 15) is 14.4 Å². The summed E-state index contributed by atoms with van der Waals surface area (Å²) in [6.45, 7) is 5.63. The van der Waals surface area contributed by atoms with Gasteiger partial charge in [-0.2, -0.15) is 0 Å². The number of nitrogens with one attached hydrogen (secondary N) is 1. The molecular weight excluding hydrogens is 466 g/mol. The molecule has 0 aliphatic heterocycles. The van der Waals surface area contributed by atoms with Gasteiger partial charge < -0.3 is 19.4 Å². The van der Waals surface area contributed by atoms with Gasteiger partial charge in [0.05, 0.1) is 29.6 Å². The van der Waals surface area contributed by atoms with Crippen molar-refractivity contribution in [1.82, 2.24) is 19.7 Å². The lowest BCUT2D eigenvalue weighted by Gasteiger charge is -2.12. The number of carbonyl (C=O) groups excluding carboxylic acids is 3. The van der Waals surface area contributed by atoms with Crippen LogP contribution in [0.3, 0.4) is 0 Å². The second-order valence-electron chi connectivity index (χ2n) is 7.54. The predicted octanol–water partition coefficient (Wildman–Crippen LogP) is 3.71. The predicted molar refractivity (Wildman–Crippen MR) is 126 cm³/mol. The number of furan rings is 1. The average molecular weight is 492 g/mol. The monoisotopic (exact) mass is 491 g/mol. The molecule has 3 heterocycles. The third kappa shape index (κ3) is 5.11. The summed E-state index contributed by atoms with van der Waals surface area (Å²) >= 11 is 2.26. The highest BCUT2D eigenvalue weighted by Gasteiger charge is 2.27. The van der Waals surface area contributed by atoms with Gasteiger partial charge in [0.2, 0.25) is 11.7 Å². The van der Waals surface area contributed by atoms with Crippen molar-refractivity contribution in [3.8, 4) is 11.6 Å². The number of thiophene rings is 1. The Balaban J connectivity index is 1.80. The normalized spacial score (nSPS) is 11.0. The van der Waals surface area contributed by atoms with Crippen molar-refractivity contribution < 1.29 is 23.5 Å². The first-order chi connectivity index (χ1) is 15.6. The first kappa shape index (κ1) is 24.5. The summed E-state index contributed by atoms with van der Waals surface area (Å²) in [4.78, 5) is 39.3. The molecular formula is C21H25N5O5S2. The number of thioether (sulfide) groups is 1. The molecule has 0 radical (unpaired) electrons. The van der Waals surface area contributed by atoms with E-state index in [1.807, 2.05) is 18.4 Å². The highest BCUT2D eigenvalue weighted by Crippen LogP contribution is 2.35. The van der Waals surface area contributed by atoms with E-state index in [1.165, 1.54) is 23.8 Å². The van der Waals surface area contributed by atoms with E-state index in [4.69, 9.17) is 9.15 Å². The molecule has 33 heavy (non-hydrogen) atoms. The van der Waals surface area contributed by atoms with Gasteiger partial charge in [0.15, 0.2) is 10.9 Å². The first-order valence-corrected chi connectivity index (χ1v) is 11.8. The number of nitrogens with zero attached hydrogens (tertiary/aromatic N) is 4. The number of esters is 1. The summed E-state index contributed by atoms with van der Waals surface area (Å²) in [5, 5.41) is 12.0. The number of aromatic nitrogens is 3. The second-order valence-corrected chi connectivity index (χ2v) is 9.50. The van der Waals surface area contributed by atoms with E-state index in [2.05, 4.69) is 15.5 Å². The molecule has 0 unspecified atom stereocenters. The molecule has 1 N–H and O–H groups in total. The van der Waals surface area contributed by atoms with Crippen LogP contribution in [-0.4, -0.2) is 64.4 Å². The lowest BCUT2D eigenvalue weighted by molar-refractivity contribution is -0.113. The Hall–Kier alpha value is -3.12. The van der Waals surface area contributed by atoms with Crippen LogP contribution in [0.15, 0.2) is 28.0 Å². The Bertz CT molecular complexity index is 1160. The molecule has 0 fully saturated rings. The minimum Gasteiger partial charge on any atom is -0.465 e. The molecule has 176 valence electrons. The maximum Gasteiger partial charge on any atom is 0.341 e. The Kier molecular flexibility index (Phi) is 7.59. The summed E-state index contributed by atoms with van der Waals surface area (Å²) in [6.07, 6.45) is 1.56. The van der Waals surface area contributed by atoms with Crippen molar-refractivity contribution in [3.05, 3.63) is 34.4 Å². The van der Waals surface area contributed by atoms with Gasteiger partial charge in [-0.25, -0.2) is 4.79 Å². The van der Waals surface area contributed by atoms with Gasteiger partial charge in [-0.05, 0) is 38.5 Å². The largest absolute Gasteiger partial charge is 0.465 e. The molecule has 0 saturated carbocycles. The van der Waals surface area contributed by atoms with Crippen LogP contribution in [0.2, 0.25) is 0 Å². The van der Waals surface area contributed by atoms with Crippen molar-refractivity contribution >= 4 is 45.9 Å². The summed E-state index contributed by atoms with van der Waals surface area (Å²) in [5.74, 6) is -0.0420. The van der Waals surface area contributed by atoms with Gasteiger partial charge in [-0.15, -0.1) is 21.5 Å². The van der Waals surface area contributed by atoms with Crippen LogP contribution in [-0.2, 0) is 9.53 Å². The van der Waals surface area contributed by atoms with E-state index in [1.54, 1.807) is 39.4 Å². The van der Waals surface area contributed by atoms with Crippen molar-refractivity contribution in [2.24, 2.45) is 0 Å². The van der Waals surface area contributed by atoms with Crippen LogP contribution in [0, 0.1) is 6.92 Å². The van der Waals surface area contributed by atoms with E-state index in [0.717, 1.165) is 11.3 Å². The van der Waals surface area contributed by atoms with E-state index >= 15 is 0 Å². The third-order valence-electron chi connectivity index (χ3n) is 4.64. The van der Waals surface area contributed by atoms with Crippen molar-refractivity contribution in [2.75, 3.05) is 32.3 Å². The van der Waals surface area contributed by atoms with Crippen LogP contribution in [0.5, 0.6) is 0 Å². The molecule has 0 spiro atoms. The van der Waals surface area contributed by atoms with Crippen LogP contribution in [0.4, 0.5) is 5.00 Å². The Morgan fingerprint density at radius 1 is 1.30 bits per heavy atom. The quantitative estimate of drug-likeness (QED) is 0.374. The fourth-order valence-corrected chi connectivity index (χ4v) is 5.16. The molecule has 0 aliphatic carbocycles. The van der Waals surface area contributed by atoms with Crippen LogP contribution in [0.1, 0.15) is 45.5 Å². The zero-order chi connectivity index (χ0) is 24.3. The molecule has 3 aromatic heterocycles. The molecule has 3 aromatic rings. The van der Waals surface area contributed by atoms with Gasteiger partial charge >= 0.3 is 5.97 Å². The van der Waals surface area contributed by atoms with Crippen LogP contribution >= 0.6 is 23.1 Å². The standard InChI is InChI=1S/C21H25N5O5S2/c1-11(2)26-17(13-8-7-9-31-13)23-24-21(26)32-10-14(27)22-18-15(20(29)30-6)12(3)16(33-18)19(28)25(4)5/h7-9,11H,10H2,1-6H3,(H,22,27). The summed E-state index contributed by atoms with van der Waals surface area (Å²) in [7, 11) is 4.50. The molecule has 3 rings (SSSR count). The lowest BCUT2D eigenvalue weighted by Crippen LogP contribution is -2.21. The number of methoxy groups -OCH3 is 1. The van der Waals surface area contributed by atoms with Gasteiger partial charge in [0, 0.05) is 20.1 Å². The minimum atomic E-state index is -0.618. The smallest absolute Gasteiger partial charge is 0.341 e. The van der Waals surface area contributed by atoms with Crippen LogP contribution in [0.25, 0.3) is 11.6 Å². The average Bonchev–Trinajstić information content (AvgIpc) is 3.50. The van der Waals surface area contributed by atoms with Crippen LogP contribution < -0.4 is 5.32 Å². The number of ether oxygens (including phenoxy) is 1. The number of rotatable bonds is 8. The molecule has 0 aliphatic rings. The van der Waals surface area contributed by atoms with Gasteiger partial charge in [-0.1, -0.05) is 11.8 Å². The van der Waals surface area contributed by atoms with Gasteiger partial charge in [-0.3, -0.25) is 14.2 Å². The summed E-state index contributed by atoms with van der Waals surface area (Å²) in [6, 6.07) is 3.60. The topological polar surface area (TPSA) is 120 Å². The minimum absolute atomic E-state index is 0.0253. The highest BCUT2D eigenvalue weighted by atomic mass is 32.2. The number of amides is 2. The molecule has 0 aromatic carbocycles. The van der Waals surface area contributed by atoms with E-state index in [0.29, 0.717) is 27.2 Å². The fourth-order valence-electron chi connectivity index (χ4n) is 3.06. The van der Waals surface area contributed by atoms with Gasteiger partial charge in [0.1, 0.15) is 5.00 Å². The Morgan fingerprint density at radius 3 is 2.61 bits per heavy atom. The maximum atomic E-state index is 12.7. The molecule has 12 heteroatoms. The molecule has 2 amide bonds. The number of anilines is 1. The summed E-state index contributed by atoms with van der Waals surface area (Å²) < 4.78 is 12.2. The highest BCUT2D eigenvalue weighted by molar-refractivity contribution is 7.99.